The molecule has 0 unspecified atom stereocenters. The molecule has 1 aliphatic rings. The number of carbonyl (C=O) groups is 1. The van der Waals surface area contributed by atoms with Gasteiger partial charge < -0.3 is 9.64 Å². The Morgan fingerprint density at radius 2 is 2.12 bits per heavy atom. The molecule has 0 saturated carbocycles. The zero-order valence-corrected chi connectivity index (χ0v) is 13.6. The number of hydrogen-bond donors (Lipinski definition) is 0. The minimum atomic E-state index is -0.327. The van der Waals surface area contributed by atoms with Crippen LogP contribution in [0.4, 0.5) is 4.39 Å². The van der Waals surface area contributed by atoms with Crippen LogP contribution in [-0.2, 0) is 4.79 Å². The summed E-state index contributed by atoms with van der Waals surface area (Å²) in [5.41, 5.74) is 1.82. The molecule has 0 N–H and O–H groups in total. The van der Waals surface area contributed by atoms with Gasteiger partial charge in [-0.05, 0) is 44.0 Å². The predicted molar refractivity (Wildman–Crippen MR) is 87.2 cm³/mol. The van der Waals surface area contributed by atoms with Gasteiger partial charge in [0.1, 0.15) is 11.6 Å². The van der Waals surface area contributed by atoms with Crippen molar-refractivity contribution in [2.45, 2.75) is 25.7 Å². The molecule has 1 aromatic heterocycles. The molecule has 1 fully saturated rings. The van der Waals surface area contributed by atoms with Crippen LogP contribution in [0.2, 0.25) is 0 Å². The fourth-order valence-electron chi connectivity index (χ4n) is 2.89. The van der Waals surface area contributed by atoms with Gasteiger partial charge in [0.05, 0.1) is 11.4 Å². The fraction of sp³-hybridized carbons (Fsp3) is 0.389. The molecule has 1 atom stereocenters. The molecule has 0 bridgehead atoms. The van der Waals surface area contributed by atoms with Crippen molar-refractivity contribution in [3.63, 3.8) is 0 Å². The molecule has 1 saturated heterocycles. The predicted octanol–water partition coefficient (Wildman–Crippen LogP) is 2.71. The molecule has 3 rings (SSSR count). The van der Waals surface area contributed by atoms with Crippen molar-refractivity contribution in [3.8, 4) is 5.75 Å². The summed E-state index contributed by atoms with van der Waals surface area (Å²) in [5, 5.41) is 0. The Kier molecular flexibility index (Phi) is 5.03. The smallest absolute Gasteiger partial charge is 0.260 e. The fourth-order valence-corrected chi connectivity index (χ4v) is 2.89. The van der Waals surface area contributed by atoms with Crippen LogP contribution in [0.3, 0.4) is 0 Å². The average Bonchev–Trinajstić information content (AvgIpc) is 2.61. The van der Waals surface area contributed by atoms with E-state index in [2.05, 4.69) is 9.97 Å². The molecule has 0 spiro atoms. The number of halogens is 1. The van der Waals surface area contributed by atoms with E-state index in [0.29, 0.717) is 12.3 Å². The lowest BCUT2D eigenvalue weighted by molar-refractivity contribution is -0.134. The molecule has 0 aliphatic carbocycles. The first kappa shape index (κ1) is 16.4. The maximum atomic E-state index is 12.9. The second-order valence-electron chi connectivity index (χ2n) is 6.01. The standard InChI is InChI=1S/C18H20FN3O2/c1-13-9-20-10-17(21-13)14-3-2-8-22(11-14)18(23)12-24-16-6-4-15(19)5-7-16/h4-7,9-10,14H,2-3,8,11-12H2,1H3/t14-/m1/s1. The Labute approximate surface area is 140 Å². The molecule has 1 amide bonds. The summed E-state index contributed by atoms with van der Waals surface area (Å²) in [4.78, 5) is 22.9. The van der Waals surface area contributed by atoms with Gasteiger partial charge in [0.2, 0.25) is 0 Å². The van der Waals surface area contributed by atoms with Crippen molar-refractivity contribution < 1.29 is 13.9 Å². The van der Waals surface area contributed by atoms with E-state index < -0.39 is 0 Å². The number of likely N-dealkylation sites (tertiary alicyclic amines) is 1. The highest BCUT2D eigenvalue weighted by Gasteiger charge is 2.26. The average molecular weight is 329 g/mol. The first-order valence-corrected chi connectivity index (χ1v) is 8.06. The Morgan fingerprint density at radius 3 is 2.88 bits per heavy atom. The second-order valence-corrected chi connectivity index (χ2v) is 6.01. The summed E-state index contributed by atoms with van der Waals surface area (Å²) in [6, 6.07) is 5.66. The summed E-state index contributed by atoms with van der Waals surface area (Å²) < 4.78 is 18.3. The largest absolute Gasteiger partial charge is 0.484 e. The third-order valence-corrected chi connectivity index (χ3v) is 4.14. The van der Waals surface area contributed by atoms with Gasteiger partial charge in [0.25, 0.3) is 5.91 Å². The Hall–Kier alpha value is -2.50. The molecule has 6 heteroatoms. The first-order valence-electron chi connectivity index (χ1n) is 8.06. The zero-order valence-electron chi connectivity index (χ0n) is 13.6. The lowest BCUT2D eigenvalue weighted by atomic mass is 9.95. The molecule has 0 radical (unpaired) electrons. The molecular weight excluding hydrogens is 309 g/mol. The van der Waals surface area contributed by atoms with Crippen molar-refractivity contribution in [2.24, 2.45) is 0 Å². The van der Waals surface area contributed by atoms with E-state index in [9.17, 15) is 9.18 Å². The quantitative estimate of drug-likeness (QED) is 0.865. The first-order chi connectivity index (χ1) is 11.6. The Balaban J connectivity index is 1.57. The van der Waals surface area contributed by atoms with Gasteiger partial charge in [-0.1, -0.05) is 0 Å². The molecule has 1 aliphatic heterocycles. The highest BCUT2D eigenvalue weighted by Crippen LogP contribution is 2.25. The van der Waals surface area contributed by atoms with Crippen molar-refractivity contribution >= 4 is 5.91 Å². The molecule has 24 heavy (non-hydrogen) atoms. The number of ether oxygens (including phenoxy) is 1. The summed E-state index contributed by atoms with van der Waals surface area (Å²) in [6.07, 6.45) is 5.44. The summed E-state index contributed by atoms with van der Waals surface area (Å²) in [6.45, 7) is 3.22. The van der Waals surface area contributed by atoms with Crippen LogP contribution in [0.5, 0.6) is 5.75 Å². The van der Waals surface area contributed by atoms with Crippen LogP contribution < -0.4 is 4.74 Å². The third kappa shape index (κ3) is 4.07. The van der Waals surface area contributed by atoms with E-state index in [-0.39, 0.29) is 24.2 Å². The number of aromatic nitrogens is 2. The number of rotatable bonds is 4. The lowest BCUT2D eigenvalue weighted by Crippen LogP contribution is -2.41. The number of aryl methyl sites for hydroxylation is 1. The van der Waals surface area contributed by atoms with Gasteiger partial charge in [0.15, 0.2) is 6.61 Å². The summed E-state index contributed by atoms with van der Waals surface area (Å²) >= 11 is 0. The number of benzene rings is 1. The molecule has 2 aromatic rings. The van der Waals surface area contributed by atoms with Gasteiger partial charge in [-0.25, -0.2) is 4.39 Å². The van der Waals surface area contributed by atoms with Gasteiger partial charge in [-0.3, -0.25) is 14.8 Å². The SMILES string of the molecule is Cc1cncc([C@@H]2CCCN(C(=O)COc3ccc(F)cc3)C2)n1. The van der Waals surface area contributed by atoms with Crippen molar-refractivity contribution in [3.05, 3.63) is 53.9 Å². The maximum absolute atomic E-state index is 12.9. The van der Waals surface area contributed by atoms with Crippen molar-refractivity contribution in [1.82, 2.24) is 14.9 Å². The molecule has 1 aromatic carbocycles. The number of amides is 1. The molecular formula is C18H20FN3O2. The van der Waals surface area contributed by atoms with E-state index in [1.807, 2.05) is 11.8 Å². The van der Waals surface area contributed by atoms with Crippen LogP contribution in [0.15, 0.2) is 36.7 Å². The Morgan fingerprint density at radius 1 is 1.33 bits per heavy atom. The summed E-state index contributed by atoms with van der Waals surface area (Å²) in [7, 11) is 0. The van der Waals surface area contributed by atoms with Gasteiger partial charge in [0, 0.05) is 31.4 Å². The van der Waals surface area contributed by atoms with Crippen LogP contribution in [0.25, 0.3) is 0 Å². The second kappa shape index (κ2) is 7.38. The van der Waals surface area contributed by atoms with Crippen LogP contribution in [0, 0.1) is 12.7 Å². The normalized spacial score (nSPS) is 17.6. The van der Waals surface area contributed by atoms with E-state index in [0.717, 1.165) is 30.8 Å². The number of hydrogen-bond acceptors (Lipinski definition) is 4. The van der Waals surface area contributed by atoms with Crippen LogP contribution in [0.1, 0.15) is 30.1 Å². The van der Waals surface area contributed by atoms with Crippen molar-refractivity contribution in [2.75, 3.05) is 19.7 Å². The van der Waals surface area contributed by atoms with Gasteiger partial charge in [-0.2, -0.15) is 0 Å². The van der Waals surface area contributed by atoms with E-state index in [1.165, 1.54) is 24.3 Å². The molecule has 2 heterocycles. The number of piperidine rings is 1. The zero-order chi connectivity index (χ0) is 16.9. The molecule has 5 nitrogen and oxygen atoms in total. The highest BCUT2D eigenvalue weighted by molar-refractivity contribution is 5.78. The van der Waals surface area contributed by atoms with Gasteiger partial charge in [-0.15, -0.1) is 0 Å². The minimum absolute atomic E-state index is 0.0438. The Bertz CT molecular complexity index is 706. The van der Waals surface area contributed by atoms with E-state index >= 15 is 0 Å². The van der Waals surface area contributed by atoms with Crippen LogP contribution >= 0.6 is 0 Å². The van der Waals surface area contributed by atoms with E-state index in [4.69, 9.17) is 4.74 Å². The van der Waals surface area contributed by atoms with Crippen LogP contribution in [-0.4, -0.2) is 40.5 Å². The van der Waals surface area contributed by atoms with Gasteiger partial charge >= 0.3 is 0 Å². The number of nitrogens with zero attached hydrogens (tertiary/aromatic N) is 3. The lowest BCUT2D eigenvalue weighted by Gasteiger charge is -2.32. The monoisotopic (exact) mass is 329 g/mol. The van der Waals surface area contributed by atoms with Crippen molar-refractivity contribution in [1.29, 1.82) is 0 Å². The summed E-state index contributed by atoms with van der Waals surface area (Å²) in [5.74, 6) is 0.306. The third-order valence-electron chi connectivity index (χ3n) is 4.14. The van der Waals surface area contributed by atoms with E-state index in [1.54, 1.807) is 12.4 Å². The maximum Gasteiger partial charge on any atom is 0.260 e. The highest BCUT2D eigenvalue weighted by atomic mass is 19.1. The minimum Gasteiger partial charge on any atom is -0.484 e. The number of carbonyl (C=O) groups excluding carboxylic acids is 1. The molecule has 126 valence electrons. The topological polar surface area (TPSA) is 55.3 Å².